The molecule has 5 nitrogen and oxygen atoms in total. The molecule has 0 unspecified atom stereocenters. The van der Waals surface area contributed by atoms with Crippen LogP contribution in [0.15, 0.2) is 11.6 Å². The number of aromatic nitrogens is 1. The van der Waals surface area contributed by atoms with E-state index < -0.39 is 5.60 Å². The van der Waals surface area contributed by atoms with Crippen molar-refractivity contribution in [2.45, 2.75) is 51.8 Å². The highest BCUT2D eigenvalue weighted by atomic mass is 32.1. The Bertz CT molecular complexity index is 470. The molecule has 2 rings (SSSR count). The Kier molecular flexibility index (Phi) is 4.88. The molecule has 1 aliphatic heterocycles. The van der Waals surface area contributed by atoms with E-state index in [9.17, 15) is 4.79 Å². The van der Waals surface area contributed by atoms with Gasteiger partial charge >= 0.3 is 6.09 Å². The predicted molar refractivity (Wildman–Crippen MR) is 84.5 cm³/mol. The Hall–Kier alpha value is -1.14. The summed E-state index contributed by atoms with van der Waals surface area (Å²) < 4.78 is 5.44. The fraction of sp³-hybridized carbons (Fsp3) is 0.733. The average Bonchev–Trinajstić information content (AvgIpc) is 3.06. The van der Waals surface area contributed by atoms with Crippen LogP contribution in [0.3, 0.4) is 0 Å². The van der Waals surface area contributed by atoms with E-state index in [1.165, 1.54) is 0 Å². The van der Waals surface area contributed by atoms with E-state index in [0.717, 1.165) is 24.5 Å². The van der Waals surface area contributed by atoms with Gasteiger partial charge in [-0.15, -0.1) is 11.3 Å². The number of carbonyl (C=O) groups excluding carboxylic acids is 1. The second kappa shape index (κ2) is 6.32. The summed E-state index contributed by atoms with van der Waals surface area (Å²) in [4.78, 5) is 20.6. The van der Waals surface area contributed by atoms with Crippen LogP contribution in [0.1, 0.15) is 45.2 Å². The first-order chi connectivity index (χ1) is 9.78. The van der Waals surface area contributed by atoms with E-state index in [1.54, 1.807) is 16.2 Å². The molecule has 6 heteroatoms. The summed E-state index contributed by atoms with van der Waals surface area (Å²) >= 11 is 1.68. The number of carbonyl (C=O) groups is 1. The lowest BCUT2D eigenvalue weighted by molar-refractivity contribution is 0.0278. The molecule has 21 heavy (non-hydrogen) atoms. The quantitative estimate of drug-likeness (QED) is 0.860. The van der Waals surface area contributed by atoms with Gasteiger partial charge in [0.25, 0.3) is 0 Å². The first-order valence-electron chi connectivity index (χ1n) is 7.37. The van der Waals surface area contributed by atoms with E-state index in [4.69, 9.17) is 4.74 Å². The Morgan fingerprint density at radius 3 is 2.86 bits per heavy atom. The maximum atomic E-state index is 12.1. The maximum Gasteiger partial charge on any atom is 0.410 e. The van der Waals surface area contributed by atoms with Crippen LogP contribution in [0.5, 0.6) is 0 Å². The van der Waals surface area contributed by atoms with Crippen molar-refractivity contribution in [3.05, 3.63) is 16.6 Å². The van der Waals surface area contributed by atoms with Crippen LogP contribution in [0.2, 0.25) is 0 Å². The van der Waals surface area contributed by atoms with Crippen molar-refractivity contribution in [2.75, 3.05) is 20.1 Å². The molecule has 1 saturated heterocycles. The number of likely N-dealkylation sites (N-methyl/N-ethyl adjacent to an activating group) is 1. The van der Waals surface area contributed by atoms with Gasteiger partial charge in [-0.1, -0.05) is 0 Å². The van der Waals surface area contributed by atoms with Gasteiger partial charge in [-0.05, 0) is 41.2 Å². The Balaban J connectivity index is 1.91. The average molecular weight is 311 g/mol. The van der Waals surface area contributed by atoms with E-state index >= 15 is 0 Å². The minimum atomic E-state index is -0.435. The van der Waals surface area contributed by atoms with Crippen molar-refractivity contribution in [3.63, 3.8) is 0 Å². The van der Waals surface area contributed by atoms with Crippen LogP contribution in [-0.4, -0.2) is 52.7 Å². The van der Waals surface area contributed by atoms with Gasteiger partial charge in [-0.3, -0.25) is 4.90 Å². The molecule has 0 bridgehead atoms. The number of likely N-dealkylation sites (tertiary alicyclic amines) is 1. The first kappa shape index (κ1) is 16.2. The van der Waals surface area contributed by atoms with Crippen molar-refractivity contribution in [1.29, 1.82) is 0 Å². The monoisotopic (exact) mass is 311 g/mol. The zero-order chi connectivity index (χ0) is 15.6. The van der Waals surface area contributed by atoms with Gasteiger partial charge < -0.3 is 9.64 Å². The van der Waals surface area contributed by atoms with Gasteiger partial charge in [0, 0.05) is 30.7 Å². The smallest absolute Gasteiger partial charge is 0.410 e. The van der Waals surface area contributed by atoms with E-state index in [-0.39, 0.29) is 12.1 Å². The number of amides is 1. The van der Waals surface area contributed by atoms with Gasteiger partial charge in [-0.25, -0.2) is 9.78 Å². The largest absolute Gasteiger partial charge is 0.444 e. The van der Waals surface area contributed by atoms with Gasteiger partial charge in [0.2, 0.25) is 0 Å². The van der Waals surface area contributed by atoms with Gasteiger partial charge in [0.05, 0.1) is 6.04 Å². The molecule has 0 spiro atoms. The Labute approximate surface area is 130 Å². The van der Waals surface area contributed by atoms with E-state index in [2.05, 4.69) is 23.9 Å². The van der Waals surface area contributed by atoms with Crippen LogP contribution < -0.4 is 0 Å². The summed E-state index contributed by atoms with van der Waals surface area (Å²) in [6, 6.07) is 0.630. The number of nitrogens with zero attached hydrogens (tertiary/aromatic N) is 3. The van der Waals surface area contributed by atoms with Gasteiger partial charge in [0.15, 0.2) is 0 Å². The van der Waals surface area contributed by atoms with Crippen LogP contribution in [-0.2, 0) is 4.74 Å². The molecular formula is C15H25N3O2S. The molecular weight excluding hydrogens is 286 g/mol. The first-order valence-corrected chi connectivity index (χ1v) is 8.25. The lowest BCUT2D eigenvalue weighted by atomic mass is 10.2. The zero-order valence-corrected chi connectivity index (χ0v) is 14.3. The SMILES string of the molecule is C[C@H](c1nccs1)N(C)[C@@H]1CCN(C(=O)OC(C)(C)C)C1. The fourth-order valence-corrected chi connectivity index (χ4v) is 3.24. The van der Waals surface area contributed by atoms with Crippen LogP contribution in [0, 0.1) is 0 Å². The lowest BCUT2D eigenvalue weighted by Crippen LogP contribution is -2.39. The molecule has 1 aromatic rings. The third kappa shape index (κ3) is 4.17. The molecule has 1 fully saturated rings. The summed E-state index contributed by atoms with van der Waals surface area (Å²) in [6.45, 7) is 9.34. The topological polar surface area (TPSA) is 45.7 Å². The summed E-state index contributed by atoms with van der Waals surface area (Å²) in [7, 11) is 2.11. The van der Waals surface area contributed by atoms with Gasteiger partial charge in [0.1, 0.15) is 10.6 Å². The van der Waals surface area contributed by atoms with Crippen LogP contribution >= 0.6 is 11.3 Å². The molecule has 0 aromatic carbocycles. The molecule has 0 saturated carbocycles. The van der Waals surface area contributed by atoms with E-state index in [0.29, 0.717) is 6.04 Å². The molecule has 118 valence electrons. The molecule has 2 heterocycles. The number of hydrogen-bond acceptors (Lipinski definition) is 5. The summed E-state index contributed by atoms with van der Waals surface area (Å²) in [5.74, 6) is 0. The molecule has 0 aliphatic carbocycles. The predicted octanol–water partition coefficient (Wildman–Crippen LogP) is 3.15. The highest BCUT2D eigenvalue weighted by molar-refractivity contribution is 7.09. The molecule has 1 aromatic heterocycles. The number of hydrogen-bond donors (Lipinski definition) is 0. The lowest BCUT2D eigenvalue weighted by Gasteiger charge is -2.30. The minimum absolute atomic E-state index is 0.208. The summed E-state index contributed by atoms with van der Waals surface area (Å²) in [5, 5.41) is 3.12. The maximum absolute atomic E-state index is 12.1. The Morgan fingerprint density at radius 1 is 1.57 bits per heavy atom. The Morgan fingerprint density at radius 2 is 2.29 bits per heavy atom. The zero-order valence-electron chi connectivity index (χ0n) is 13.5. The van der Waals surface area contributed by atoms with Crippen molar-refractivity contribution in [2.24, 2.45) is 0 Å². The van der Waals surface area contributed by atoms with Crippen molar-refractivity contribution in [3.8, 4) is 0 Å². The third-order valence-corrected chi connectivity index (χ3v) is 4.76. The van der Waals surface area contributed by atoms with Crippen molar-refractivity contribution < 1.29 is 9.53 Å². The second-order valence-electron chi connectivity index (χ2n) is 6.58. The van der Waals surface area contributed by atoms with Crippen molar-refractivity contribution in [1.82, 2.24) is 14.8 Å². The van der Waals surface area contributed by atoms with Crippen molar-refractivity contribution >= 4 is 17.4 Å². The highest BCUT2D eigenvalue weighted by Crippen LogP contribution is 2.27. The normalized spacial score (nSPS) is 20.9. The van der Waals surface area contributed by atoms with Gasteiger partial charge in [-0.2, -0.15) is 0 Å². The number of thiazole rings is 1. The standard InChI is InChI=1S/C15H25N3O2S/c1-11(13-16-7-9-21-13)17(5)12-6-8-18(10-12)14(19)20-15(2,3)4/h7,9,11-12H,6,8,10H2,1-5H3/t11-,12-/m1/s1. The second-order valence-corrected chi connectivity index (χ2v) is 7.51. The minimum Gasteiger partial charge on any atom is -0.444 e. The molecule has 0 radical (unpaired) electrons. The fourth-order valence-electron chi connectivity index (χ4n) is 2.50. The molecule has 1 amide bonds. The van der Waals surface area contributed by atoms with E-state index in [1.807, 2.05) is 32.3 Å². The van der Waals surface area contributed by atoms with Crippen LogP contribution in [0.25, 0.3) is 0 Å². The summed E-state index contributed by atoms with van der Waals surface area (Å²) in [6.07, 6.45) is 2.61. The molecule has 0 N–H and O–H groups in total. The molecule has 2 atom stereocenters. The third-order valence-electron chi connectivity index (χ3n) is 3.81. The molecule has 1 aliphatic rings. The van der Waals surface area contributed by atoms with Crippen LogP contribution in [0.4, 0.5) is 4.79 Å². The number of rotatable bonds is 3. The summed E-state index contributed by atoms with van der Waals surface area (Å²) in [5.41, 5.74) is -0.435. The number of ether oxygens (including phenoxy) is 1. The highest BCUT2D eigenvalue weighted by Gasteiger charge is 2.33.